The molecule has 0 radical (unpaired) electrons. The summed E-state index contributed by atoms with van der Waals surface area (Å²) in [5.74, 6) is -0.249. The minimum Gasteiger partial charge on any atom is -0.375 e. The lowest BCUT2D eigenvalue weighted by molar-refractivity contribution is -0.142. The number of hydrogen-bond acceptors (Lipinski definition) is 3. The number of nitrogens with two attached hydrogens (primary N) is 1. The molecule has 1 rings (SSSR count). The van der Waals surface area contributed by atoms with Gasteiger partial charge in [-0.25, -0.2) is 0 Å². The second kappa shape index (κ2) is 5.36. The van der Waals surface area contributed by atoms with E-state index < -0.39 is 5.54 Å². The molecule has 1 fully saturated rings. The highest BCUT2D eigenvalue weighted by atomic mass is 16.5. The predicted octanol–water partition coefficient (Wildman–Crippen LogP) is 1.58. The topological polar surface area (TPSA) is 64.3 Å². The van der Waals surface area contributed by atoms with Gasteiger partial charge in [0, 0.05) is 19.1 Å². The number of carbonyl (C=O) groups excluding carboxylic acids is 1. The summed E-state index contributed by atoms with van der Waals surface area (Å²) in [6, 6.07) is 0.293. The van der Waals surface area contributed by atoms with Crippen molar-refractivity contribution in [1.29, 1.82) is 0 Å². The molecule has 3 unspecified atom stereocenters. The zero-order valence-corrected chi connectivity index (χ0v) is 11.5. The first-order chi connectivity index (χ1) is 7.87. The molecule has 0 bridgehead atoms. The molecule has 0 aromatic heterocycles. The maximum Gasteiger partial charge on any atom is 0.237 e. The van der Waals surface area contributed by atoms with Gasteiger partial charge < -0.3 is 15.8 Å². The summed E-state index contributed by atoms with van der Waals surface area (Å²) in [5, 5.41) is 3.42. The molecule has 3 N–H and O–H groups in total. The van der Waals surface area contributed by atoms with E-state index in [0.717, 1.165) is 12.8 Å². The van der Waals surface area contributed by atoms with Crippen LogP contribution in [0.15, 0.2) is 0 Å². The first-order valence-corrected chi connectivity index (χ1v) is 6.59. The van der Waals surface area contributed by atoms with Crippen molar-refractivity contribution < 1.29 is 9.53 Å². The van der Waals surface area contributed by atoms with Gasteiger partial charge in [-0.15, -0.1) is 0 Å². The molecule has 1 heterocycles. The van der Waals surface area contributed by atoms with Crippen LogP contribution in [0.4, 0.5) is 0 Å². The van der Waals surface area contributed by atoms with Crippen LogP contribution in [0, 0.1) is 0 Å². The largest absolute Gasteiger partial charge is 0.375 e. The number of primary amides is 1. The Balaban J connectivity index is 2.88. The third-order valence-electron chi connectivity index (χ3n) is 4.01. The summed E-state index contributed by atoms with van der Waals surface area (Å²) in [4.78, 5) is 11.8. The van der Waals surface area contributed by atoms with Crippen LogP contribution in [0.2, 0.25) is 0 Å². The normalized spacial score (nSPS) is 35.5. The fourth-order valence-electron chi connectivity index (χ4n) is 2.45. The third kappa shape index (κ3) is 3.19. The number of nitrogens with one attached hydrogen (secondary N) is 1. The highest BCUT2D eigenvalue weighted by molar-refractivity contribution is 5.85. The molecule has 0 aromatic rings. The van der Waals surface area contributed by atoms with E-state index in [1.807, 2.05) is 0 Å². The van der Waals surface area contributed by atoms with Gasteiger partial charge in [0.15, 0.2) is 0 Å². The number of ether oxygens (including phenoxy) is 1. The molecule has 0 saturated carbocycles. The summed E-state index contributed by atoms with van der Waals surface area (Å²) >= 11 is 0. The molecule has 1 aliphatic heterocycles. The van der Waals surface area contributed by atoms with Crippen LogP contribution < -0.4 is 11.1 Å². The van der Waals surface area contributed by atoms with E-state index in [9.17, 15) is 4.79 Å². The molecule has 0 aliphatic carbocycles. The summed E-state index contributed by atoms with van der Waals surface area (Å²) in [5.41, 5.74) is 4.78. The van der Waals surface area contributed by atoms with E-state index in [1.54, 1.807) is 0 Å². The molecule has 4 nitrogen and oxygen atoms in total. The standard InChI is InChI=1S/C13H26N2O2/c1-5-10(3)15-13(11(14)16)7-8-17-12(4,6-2)9-13/h10,15H,5-9H2,1-4H3,(H2,14,16). The Hall–Kier alpha value is -0.610. The van der Waals surface area contributed by atoms with Crippen molar-refractivity contribution in [1.82, 2.24) is 5.32 Å². The van der Waals surface area contributed by atoms with Crippen molar-refractivity contribution in [3.63, 3.8) is 0 Å². The molecule has 1 amide bonds. The van der Waals surface area contributed by atoms with Gasteiger partial charge in [0.05, 0.1) is 5.60 Å². The second-order valence-corrected chi connectivity index (χ2v) is 5.48. The molecule has 0 spiro atoms. The van der Waals surface area contributed by atoms with E-state index in [1.165, 1.54) is 0 Å². The fourth-order valence-corrected chi connectivity index (χ4v) is 2.45. The van der Waals surface area contributed by atoms with E-state index in [-0.39, 0.29) is 11.5 Å². The quantitative estimate of drug-likeness (QED) is 0.769. The Kier molecular flexibility index (Phi) is 4.55. The summed E-state index contributed by atoms with van der Waals surface area (Å²) in [6.07, 6.45) is 3.21. The number of hydrogen-bond donors (Lipinski definition) is 2. The molecule has 0 aromatic carbocycles. The van der Waals surface area contributed by atoms with Crippen LogP contribution in [-0.2, 0) is 9.53 Å². The Bertz CT molecular complexity index is 283. The first kappa shape index (κ1) is 14.5. The van der Waals surface area contributed by atoms with Gasteiger partial charge >= 0.3 is 0 Å². The summed E-state index contributed by atoms with van der Waals surface area (Å²) in [6.45, 7) is 8.92. The molecule has 17 heavy (non-hydrogen) atoms. The van der Waals surface area contributed by atoms with Crippen LogP contribution in [-0.4, -0.2) is 29.7 Å². The summed E-state index contributed by atoms with van der Waals surface area (Å²) < 4.78 is 5.79. The average Bonchev–Trinajstić information content (AvgIpc) is 2.28. The lowest BCUT2D eigenvalue weighted by Gasteiger charge is -2.45. The van der Waals surface area contributed by atoms with Crippen molar-refractivity contribution in [2.75, 3.05) is 6.61 Å². The number of amides is 1. The molecule has 3 atom stereocenters. The molecular weight excluding hydrogens is 216 g/mol. The predicted molar refractivity (Wildman–Crippen MR) is 68.7 cm³/mol. The molecule has 4 heteroatoms. The Labute approximate surface area is 104 Å². The van der Waals surface area contributed by atoms with Crippen LogP contribution in [0.1, 0.15) is 53.4 Å². The molecular formula is C13H26N2O2. The number of rotatable bonds is 5. The SMILES string of the molecule is CCC(C)NC1(C(N)=O)CCOC(C)(CC)C1. The van der Waals surface area contributed by atoms with Gasteiger partial charge in [0.1, 0.15) is 5.54 Å². The van der Waals surface area contributed by atoms with E-state index >= 15 is 0 Å². The van der Waals surface area contributed by atoms with Crippen molar-refractivity contribution in [2.45, 2.75) is 70.6 Å². The van der Waals surface area contributed by atoms with Crippen molar-refractivity contribution in [2.24, 2.45) is 5.73 Å². The fraction of sp³-hybridized carbons (Fsp3) is 0.923. The Morgan fingerprint density at radius 1 is 1.53 bits per heavy atom. The van der Waals surface area contributed by atoms with Crippen molar-refractivity contribution in [3.05, 3.63) is 0 Å². The van der Waals surface area contributed by atoms with Gasteiger partial charge in [-0.1, -0.05) is 13.8 Å². The van der Waals surface area contributed by atoms with Gasteiger partial charge in [-0.3, -0.25) is 4.79 Å². The van der Waals surface area contributed by atoms with E-state index in [0.29, 0.717) is 25.5 Å². The van der Waals surface area contributed by atoms with Crippen molar-refractivity contribution in [3.8, 4) is 0 Å². The molecule has 1 aliphatic rings. The van der Waals surface area contributed by atoms with E-state index in [4.69, 9.17) is 10.5 Å². The third-order valence-corrected chi connectivity index (χ3v) is 4.01. The smallest absolute Gasteiger partial charge is 0.237 e. The zero-order valence-electron chi connectivity index (χ0n) is 11.5. The van der Waals surface area contributed by atoms with Crippen LogP contribution in [0.25, 0.3) is 0 Å². The van der Waals surface area contributed by atoms with Crippen LogP contribution in [0.5, 0.6) is 0 Å². The average molecular weight is 242 g/mol. The van der Waals surface area contributed by atoms with Gasteiger partial charge in [0.25, 0.3) is 0 Å². The number of carbonyl (C=O) groups is 1. The minimum atomic E-state index is -0.599. The highest BCUT2D eigenvalue weighted by Gasteiger charge is 2.46. The van der Waals surface area contributed by atoms with Gasteiger partial charge in [-0.2, -0.15) is 0 Å². The highest BCUT2D eigenvalue weighted by Crippen LogP contribution is 2.34. The lowest BCUT2D eigenvalue weighted by Crippen LogP contribution is -2.64. The molecule has 100 valence electrons. The molecule has 1 saturated heterocycles. The minimum absolute atomic E-state index is 0.242. The Morgan fingerprint density at radius 3 is 2.65 bits per heavy atom. The van der Waals surface area contributed by atoms with Gasteiger partial charge in [0.2, 0.25) is 5.91 Å². The lowest BCUT2D eigenvalue weighted by atomic mass is 9.78. The van der Waals surface area contributed by atoms with Crippen molar-refractivity contribution >= 4 is 5.91 Å². The Morgan fingerprint density at radius 2 is 2.18 bits per heavy atom. The van der Waals surface area contributed by atoms with Crippen LogP contribution in [0.3, 0.4) is 0 Å². The monoisotopic (exact) mass is 242 g/mol. The van der Waals surface area contributed by atoms with Crippen LogP contribution >= 0.6 is 0 Å². The summed E-state index contributed by atoms with van der Waals surface area (Å²) in [7, 11) is 0. The maximum atomic E-state index is 11.8. The first-order valence-electron chi connectivity index (χ1n) is 6.59. The zero-order chi connectivity index (χ0) is 13.1. The second-order valence-electron chi connectivity index (χ2n) is 5.48. The van der Waals surface area contributed by atoms with Gasteiger partial charge in [-0.05, 0) is 33.1 Å². The van der Waals surface area contributed by atoms with E-state index in [2.05, 4.69) is 33.0 Å². The maximum absolute atomic E-state index is 11.8.